The molecule has 1 amide bonds. The molecule has 126 valence electrons. The van der Waals surface area contributed by atoms with E-state index in [4.69, 9.17) is 21.7 Å². The summed E-state index contributed by atoms with van der Waals surface area (Å²) in [6, 6.07) is 13.3. The Morgan fingerprint density at radius 2 is 1.96 bits per heavy atom. The first-order chi connectivity index (χ1) is 11.6. The molecule has 0 fully saturated rings. The SMILES string of the molecule is COCCOc1ccccc1C(=O)NC(=S)Nc1cccc(O)c1. The number of phenolic OH excluding ortho intramolecular Hbond substituents is 1. The lowest BCUT2D eigenvalue weighted by atomic mass is 10.2. The lowest BCUT2D eigenvalue weighted by Gasteiger charge is -2.13. The number of nitrogens with one attached hydrogen (secondary N) is 2. The highest BCUT2D eigenvalue weighted by Gasteiger charge is 2.13. The van der Waals surface area contributed by atoms with Crippen LogP contribution in [0.1, 0.15) is 10.4 Å². The average Bonchev–Trinajstić information content (AvgIpc) is 2.55. The van der Waals surface area contributed by atoms with Crippen molar-refractivity contribution in [1.82, 2.24) is 5.32 Å². The molecule has 2 aromatic carbocycles. The van der Waals surface area contributed by atoms with Gasteiger partial charge in [-0.2, -0.15) is 0 Å². The molecule has 0 saturated carbocycles. The Balaban J connectivity index is 2.00. The third kappa shape index (κ3) is 5.22. The first-order valence-corrected chi connectivity index (χ1v) is 7.63. The van der Waals surface area contributed by atoms with Gasteiger partial charge in [0.2, 0.25) is 0 Å². The maximum absolute atomic E-state index is 12.4. The zero-order valence-electron chi connectivity index (χ0n) is 13.1. The quantitative estimate of drug-likeness (QED) is 0.551. The van der Waals surface area contributed by atoms with Crippen LogP contribution >= 0.6 is 12.2 Å². The van der Waals surface area contributed by atoms with Crippen LogP contribution in [-0.2, 0) is 4.74 Å². The van der Waals surface area contributed by atoms with E-state index in [2.05, 4.69) is 10.6 Å². The van der Waals surface area contributed by atoms with Crippen molar-refractivity contribution in [2.45, 2.75) is 0 Å². The number of anilines is 1. The number of hydrogen-bond acceptors (Lipinski definition) is 5. The summed E-state index contributed by atoms with van der Waals surface area (Å²) in [5.74, 6) is 0.166. The van der Waals surface area contributed by atoms with Crippen molar-refractivity contribution in [3.8, 4) is 11.5 Å². The van der Waals surface area contributed by atoms with Crippen LogP contribution in [0.15, 0.2) is 48.5 Å². The number of ether oxygens (including phenoxy) is 2. The van der Waals surface area contributed by atoms with Crippen LogP contribution in [0.25, 0.3) is 0 Å². The number of phenols is 1. The smallest absolute Gasteiger partial charge is 0.261 e. The van der Waals surface area contributed by atoms with E-state index in [0.29, 0.717) is 30.2 Å². The number of rotatable bonds is 6. The predicted octanol–water partition coefficient (Wildman–Crippen LogP) is 2.54. The summed E-state index contributed by atoms with van der Waals surface area (Å²) in [6.07, 6.45) is 0. The number of hydrogen-bond donors (Lipinski definition) is 3. The van der Waals surface area contributed by atoms with Gasteiger partial charge in [-0.3, -0.25) is 10.1 Å². The Labute approximate surface area is 145 Å². The maximum atomic E-state index is 12.4. The normalized spacial score (nSPS) is 10.0. The molecule has 0 heterocycles. The highest BCUT2D eigenvalue weighted by Crippen LogP contribution is 2.18. The molecule has 0 spiro atoms. The lowest BCUT2D eigenvalue weighted by Crippen LogP contribution is -2.34. The number of aromatic hydroxyl groups is 1. The van der Waals surface area contributed by atoms with E-state index in [9.17, 15) is 9.90 Å². The van der Waals surface area contributed by atoms with Crippen LogP contribution in [-0.4, -0.2) is 36.4 Å². The van der Waals surface area contributed by atoms with Crippen LogP contribution in [0.2, 0.25) is 0 Å². The molecule has 0 saturated heterocycles. The fraction of sp³-hybridized carbons (Fsp3) is 0.176. The molecule has 2 aromatic rings. The third-order valence-corrected chi connectivity index (χ3v) is 3.21. The van der Waals surface area contributed by atoms with Crippen LogP contribution in [0, 0.1) is 0 Å². The zero-order chi connectivity index (χ0) is 17.4. The molecule has 3 N–H and O–H groups in total. The standard InChI is InChI=1S/C17H18N2O4S/c1-22-9-10-23-15-8-3-2-7-14(15)16(21)19-17(24)18-12-5-4-6-13(20)11-12/h2-8,11,20H,9-10H2,1H3,(H2,18,19,21,24). The Morgan fingerprint density at radius 1 is 1.17 bits per heavy atom. The monoisotopic (exact) mass is 346 g/mol. The molecule has 2 rings (SSSR count). The summed E-state index contributed by atoms with van der Waals surface area (Å²) in [5, 5.41) is 15.0. The van der Waals surface area contributed by atoms with Gasteiger partial charge in [-0.1, -0.05) is 18.2 Å². The van der Waals surface area contributed by atoms with Gasteiger partial charge in [-0.05, 0) is 36.5 Å². The molecule has 6 nitrogen and oxygen atoms in total. The second-order valence-electron chi connectivity index (χ2n) is 4.80. The van der Waals surface area contributed by atoms with Gasteiger partial charge in [0.05, 0.1) is 12.2 Å². The molecule has 0 atom stereocenters. The predicted molar refractivity (Wildman–Crippen MR) is 95.6 cm³/mol. The van der Waals surface area contributed by atoms with Crippen LogP contribution in [0.5, 0.6) is 11.5 Å². The van der Waals surface area contributed by atoms with Gasteiger partial charge in [0, 0.05) is 18.9 Å². The molecule has 0 radical (unpaired) electrons. The minimum atomic E-state index is -0.388. The van der Waals surface area contributed by atoms with Crippen molar-refractivity contribution in [3.63, 3.8) is 0 Å². The third-order valence-electron chi connectivity index (χ3n) is 3.01. The molecule has 0 aliphatic heterocycles. The van der Waals surface area contributed by atoms with Gasteiger partial charge >= 0.3 is 0 Å². The molecule has 7 heteroatoms. The second kappa shape index (κ2) is 8.85. The number of thiocarbonyl (C=S) groups is 1. The topological polar surface area (TPSA) is 79.8 Å². The Kier molecular flexibility index (Phi) is 6.53. The first kappa shape index (κ1) is 17.7. The number of para-hydroxylation sites is 1. The summed E-state index contributed by atoms with van der Waals surface area (Å²) in [4.78, 5) is 12.4. The number of carbonyl (C=O) groups excluding carboxylic acids is 1. The van der Waals surface area contributed by atoms with Crippen molar-refractivity contribution in [1.29, 1.82) is 0 Å². The number of amides is 1. The van der Waals surface area contributed by atoms with Gasteiger partial charge in [-0.15, -0.1) is 0 Å². The Bertz CT molecular complexity index is 721. The second-order valence-corrected chi connectivity index (χ2v) is 5.20. The molecule has 0 aliphatic rings. The average molecular weight is 346 g/mol. The van der Waals surface area contributed by atoms with Crippen molar-refractivity contribution < 1.29 is 19.4 Å². The van der Waals surface area contributed by atoms with Gasteiger partial charge in [0.25, 0.3) is 5.91 Å². The van der Waals surface area contributed by atoms with Crippen LogP contribution in [0.3, 0.4) is 0 Å². The first-order valence-electron chi connectivity index (χ1n) is 7.22. The number of benzene rings is 2. The molecule has 0 bridgehead atoms. The molecule has 0 unspecified atom stereocenters. The van der Waals surface area contributed by atoms with Gasteiger partial charge in [-0.25, -0.2) is 0 Å². The van der Waals surface area contributed by atoms with Crippen LogP contribution < -0.4 is 15.4 Å². The fourth-order valence-electron chi connectivity index (χ4n) is 1.93. The molecular weight excluding hydrogens is 328 g/mol. The summed E-state index contributed by atoms with van der Waals surface area (Å²) in [7, 11) is 1.58. The Morgan fingerprint density at radius 3 is 2.71 bits per heavy atom. The van der Waals surface area contributed by atoms with Crippen LogP contribution in [0.4, 0.5) is 5.69 Å². The van der Waals surface area contributed by atoms with E-state index in [-0.39, 0.29) is 16.8 Å². The van der Waals surface area contributed by atoms with E-state index >= 15 is 0 Å². The summed E-state index contributed by atoms with van der Waals surface area (Å²) >= 11 is 5.12. The van der Waals surface area contributed by atoms with Crippen molar-refractivity contribution in [2.75, 3.05) is 25.6 Å². The van der Waals surface area contributed by atoms with Gasteiger partial charge in [0.1, 0.15) is 18.1 Å². The Hall–Kier alpha value is -2.64. The minimum Gasteiger partial charge on any atom is -0.508 e. The van der Waals surface area contributed by atoms with E-state index in [1.165, 1.54) is 6.07 Å². The summed E-state index contributed by atoms with van der Waals surface area (Å²) in [5.41, 5.74) is 0.943. The number of carbonyl (C=O) groups is 1. The number of methoxy groups -OCH3 is 1. The summed E-state index contributed by atoms with van der Waals surface area (Å²) < 4.78 is 10.5. The molecular formula is C17H18N2O4S. The van der Waals surface area contributed by atoms with E-state index < -0.39 is 0 Å². The lowest BCUT2D eigenvalue weighted by molar-refractivity contribution is 0.0970. The van der Waals surface area contributed by atoms with Crippen molar-refractivity contribution in [3.05, 3.63) is 54.1 Å². The zero-order valence-corrected chi connectivity index (χ0v) is 13.9. The van der Waals surface area contributed by atoms with E-state index in [1.807, 2.05) is 0 Å². The van der Waals surface area contributed by atoms with Crippen molar-refractivity contribution in [2.24, 2.45) is 0 Å². The largest absolute Gasteiger partial charge is 0.508 e. The minimum absolute atomic E-state index is 0.103. The van der Waals surface area contributed by atoms with E-state index in [0.717, 1.165) is 0 Å². The van der Waals surface area contributed by atoms with Crippen molar-refractivity contribution >= 4 is 28.9 Å². The fourth-order valence-corrected chi connectivity index (χ4v) is 2.14. The van der Waals surface area contributed by atoms with Gasteiger partial charge in [0.15, 0.2) is 5.11 Å². The molecule has 0 aromatic heterocycles. The van der Waals surface area contributed by atoms with Gasteiger partial charge < -0.3 is 19.9 Å². The molecule has 0 aliphatic carbocycles. The highest BCUT2D eigenvalue weighted by atomic mass is 32.1. The highest BCUT2D eigenvalue weighted by molar-refractivity contribution is 7.80. The summed E-state index contributed by atoms with van der Waals surface area (Å²) in [6.45, 7) is 0.764. The van der Waals surface area contributed by atoms with E-state index in [1.54, 1.807) is 49.6 Å². The maximum Gasteiger partial charge on any atom is 0.261 e. The molecule has 24 heavy (non-hydrogen) atoms.